The topological polar surface area (TPSA) is 61.7 Å². The molecule has 3 rings (SSSR count). The van der Waals surface area contributed by atoms with Gasteiger partial charge >= 0.3 is 0 Å². The van der Waals surface area contributed by atoms with Gasteiger partial charge in [-0.2, -0.15) is 0 Å². The van der Waals surface area contributed by atoms with Crippen LogP contribution in [0, 0.1) is 13.8 Å². The number of nitrogens with one attached hydrogen (secondary N) is 1. The Labute approximate surface area is 134 Å². The Morgan fingerprint density at radius 1 is 1.27 bits per heavy atom. The molecule has 22 heavy (non-hydrogen) atoms. The van der Waals surface area contributed by atoms with Gasteiger partial charge in [-0.1, -0.05) is 12.8 Å². The van der Waals surface area contributed by atoms with Gasteiger partial charge in [-0.15, -0.1) is 0 Å². The lowest BCUT2D eigenvalue weighted by Gasteiger charge is -2.05. The molecule has 0 spiro atoms. The van der Waals surface area contributed by atoms with Gasteiger partial charge in [0.1, 0.15) is 5.75 Å². The number of phenolic OH excluding ortho intramolecular Hbond substituents is 1. The summed E-state index contributed by atoms with van der Waals surface area (Å²) in [6, 6.07) is 4.13. The van der Waals surface area contributed by atoms with Gasteiger partial charge in [-0.05, 0) is 73.4 Å². The zero-order valence-electron chi connectivity index (χ0n) is 12.8. The molecule has 1 saturated carbocycles. The summed E-state index contributed by atoms with van der Waals surface area (Å²) in [5.74, 6) is 0.222. The van der Waals surface area contributed by atoms with Crippen LogP contribution in [0.15, 0.2) is 22.0 Å². The van der Waals surface area contributed by atoms with Crippen LogP contribution in [0.25, 0.3) is 6.08 Å². The van der Waals surface area contributed by atoms with Crippen LogP contribution in [0.1, 0.15) is 42.4 Å². The Morgan fingerprint density at radius 3 is 2.55 bits per heavy atom. The molecule has 116 valence electrons. The molecule has 2 N–H and O–H groups in total. The maximum absolute atomic E-state index is 12.1. The number of aliphatic imine (C=N–C) groups is 1. The number of aryl methyl sites for hydroxylation is 2. The van der Waals surface area contributed by atoms with E-state index >= 15 is 0 Å². The summed E-state index contributed by atoms with van der Waals surface area (Å²) >= 11 is 1.40. The first-order valence-corrected chi connectivity index (χ1v) is 8.43. The molecule has 4 nitrogen and oxygen atoms in total. The Balaban J connectivity index is 1.81. The lowest BCUT2D eigenvalue weighted by Crippen LogP contribution is -2.21. The maximum Gasteiger partial charge on any atom is 0.264 e. The minimum absolute atomic E-state index is 0.0925. The van der Waals surface area contributed by atoms with Gasteiger partial charge < -0.3 is 10.4 Å². The third-order valence-electron chi connectivity index (χ3n) is 4.09. The average Bonchev–Trinajstić information content (AvgIpc) is 3.07. The van der Waals surface area contributed by atoms with E-state index < -0.39 is 0 Å². The molecule has 1 aromatic carbocycles. The van der Waals surface area contributed by atoms with Crippen LogP contribution in [0.2, 0.25) is 0 Å². The number of hydrogen-bond acceptors (Lipinski definition) is 4. The summed E-state index contributed by atoms with van der Waals surface area (Å²) in [5, 5.41) is 13.4. The van der Waals surface area contributed by atoms with Crippen molar-refractivity contribution in [2.45, 2.75) is 45.6 Å². The molecule has 0 unspecified atom stereocenters. The van der Waals surface area contributed by atoms with Crippen LogP contribution < -0.4 is 5.32 Å². The molecule has 2 aliphatic rings. The average molecular weight is 316 g/mol. The monoisotopic (exact) mass is 316 g/mol. The zero-order chi connectivity index (χ0) is 15.7. The number of phenols is 1. The highest BCUT2D eigenvalue weighted by Gasteiger charge is 2.25. The summed E-state index contributed by atoms with van der Waals surface area (Å²) in [4.78, 5) is 17.4. The number of benzene rings is 1. The number of amides is 1. The minimum atomic E-state index is -0.0925. The predicted octanol–water partition coefficient (Wildman–Crippen LogP) is 3.51. The van der Waals surface area contributed by atoms with E-state index in [1.807, 2.05) is 32.1 Å². The van der Waals surface area contributed by atoms with Crippen LogP contribution >= 0.6 is 11.8 Å². The highest BCUT2D eigenvalue weighted by Crippen LogP contribution is 2.30. The maximum atomic E-state index is 12.1. The molecule has 1 aliphatic heterocycles. The van der Waals surface area contributed by atoms with Crippen LogP contribution in [-0.4, -0.2) is 22.2 Å². The van der Waals surface area contributed by atoms with Crippen LogP contribution in [0.3, 0.4) is 0 Å². The molecule has 1 saturated heterocycles. The van der Waals surface area contributed by atoms with Crippen molar-refractivity contribution in [3.8, 4) is 5.75 Å². The van der Waals surface area contributed by atoms with E-state index in [-0.39, 0.29) is 5.91 Å². The van der Waals surface area contributed by atoms with Crippen molar-refractivity contribution in [1.29, 1.82) is 0 Å². The lowest BCUT2D eigenvalue weighted by atomic mass is 10.1. The molecule has 1 heterocycles. The summed E-state index contributed by atoms with van der Waals surface area (Å²) in [5.41, 5.74) is 2.55. The van der Waals surface area contributed by atoms with Crippen LogP contribution in [-0.2, 0) is 4.79 Å². The van der Waals surface area contributed by atoms with Crippen molar-refractivity contribution in [2.75, 3.05) is 0 Å². The number of carbonyl (C=O) groups excluding carboxylic acids is 1. The van der Waals surface area contributed by atoms with Crippen molar-refractivity contribution in [3.05, 3.63) is 33.7 Å². The Morgan fingerprint density at radius 2 is 1.91 bits per heavy atom. The van der Waals surface area contributed by atoms with Crippen molar-refractivity contribution in [2.24, 2.45) is 4.99 Å². The van der Waals surface area contributed by atoms with Gasteiger partial charge in [0.2, 0.25) is 0 Å². The van der Waals surface area contributed by atoms with Crippen molar-refractivity contribution < 1.29 is 9.90 Å². The van der Waals surface area contributed by atoms with Crippen LogP contribution in [0.4, 0.5) is 0 Å². The number of nitrogens with zero attached hydrogens (tertiary/aromatic N) is 1. The molecule has 0 atom stereocenters. The number of rotatable bonds is 2. The number of amidine groups is 1. The number of carbonyl (C=O) groups is 1. The molecule has 5 heteroatoms. The van der Waals surface area contributed by atoms with E-state index in [9.17, 15) is 9.90 Å². The normalized spacial score (nSPS) is 22.7. The zero-order valence-corrected chi connectivity index (χ0v) is 13.7. The molecule has 1 aliphatic carbocycles. The van der Waals surface area contributed by atoms with Gasteiger partial charge in [0.15, 0.2) is 5.17 Å². The minimum Gasteiger partial charge on any atom is -0.507 e. The summed E-state index contributed by atoms with van der Waals surface area (Å²) in [6.45, 7) is 3.72. The first-order valence-electron chi connectivity index (χ1n) is 7.62. The van der Waals surface area contributed by atoms with E-state index in [2.05, 4.69) is 10.3 Å². The van der Waals surface area contributed by atoms with Gasteiger partial charge in [0, 0.05) is 0 Å². The fourth-order valence-corrected chi connectivity index (χ4v) is 3.80. The Hall–Kier alpha value is -1.75. The van der Waals surface area contributed by atoms with Gasteiger partial charge in [0.25, 0.3) is 5.91 Å². The predicted molar refractivity (Wildman–Crippen MR) is 91.0 cm³/mol. The van der Waals surface area contributed by atoms with E-state index in [1.54, 1.807) is 0 Å². The second-order valence-electron chi connectivity index (χ2n) is 5.94. The quantitative estimate of drug-likeness (QED) is 0.821. The number of thioether (sulfide) groups is 1. The highest BCUT2D eigenvalue weighted by molar-refractivity contribution is 8.18. The SMILES string of the molecule is Cc1cc(/C=C2\SC(=NC3CCCC3)NC2=O)cc(C)c1O. The van der Waals surface area contributed by atoms with Gasteiger partial charge in [-0.25, -0.2) is 0 Å². The fraction of sp³-hybridized carbons (Fsp3) is 0.412. The molecule has 1 amide bonds. The second kappa shape index (κ2) is 6.16. The van der Waals surface area contributed by atoms with E-state index in [1.165, 1.54) is 24.6 Å². The number of hydrogen-bond donors (Lipinski definition) is 2. The summed E-state index contributed by atoms with van der Waals surface area (Å²) in [6.07, 6.45) is 6.56. The first-order chi connectivity index (χ1) is 10.5. The molecule has 0 aromatic heterocycles. The van der Waals surface area contributed by atoms with E-state index in [0.717, 1.165) is 34.7 Å². The molecule has 0 radical (unpaired) electrons. The summed E-state index contributed by atoms with van der Waals surface area (Å²) < 4.78 is 0. The molecule has 2 fully saturated rings. The third-order valence-corrected chi connectivity index (χ3v) is 5.01. The number of aromatic hydroxyl groups is 1. The van der Waals surface area contributed by atoms with Crippen molar-refractivity contribution in [1.82, 2.24) is 5.32 Å². The molecular formula is C17H20N2O2S. The third kappa shape index (κ3) is 3.19. The van der Waals surface area contributed by atoms with Crippen LogP contribution in [0.5, 0.6) is 5.75 Å². The first kappa shape index (κ1) is 15.2. The standard InChI is InChI=1S/C17H20N2O2S/c1-10-7-12(8-11(2)15(10)20)9-14-16(21)19-17(22-14)18-13-5-3-4-6-13/h7-9,13,20H,3-6H2,1-2H3,(H,18,19,21)/b14-9-. The molecule has 0 bridgehead atoms. The van der Waals surface area contributed by atoms with Gasteiger partial charge in [0.05, 0.1) is 10.9 Å². The largest absolute Gasteiger partial charge is 0.507 e. The Bertz CT molecular complexity index is 650. The Kier molecular flexibility index (Phi) is 4.25. The smallest absolute Gasteiger partial charge is 0.264 e. The van der Waals surface area contributed by atoms with Crippen molar-refractivity contribution >= 4 is 28.9 Å². The molecule has 1 aromatic rings. The lowest BCUT2D eigenvalue weighted by molar-refractivity contribution is -0.115. The molecular weight excluding hydrogens is 296 g/mol. The second-order valence-corrected chi connectivity index (χ2v) is 6.97. The summed E-state index contributed by atoms with van der Waals surface area (Å²) in [7, 11) is 0. The van der Waals surface area contributed by atoms with E-state index in [4.69, 9.17) is 0 Å². The highest BCUT2D eigenvalue weighted by atomic mass is 32.2. The van der Waals surface area contributed by atoms with Gasteiger partial charge in [-0.3, -0.25) is 9.79 Å². The van der Waals surface area contributed by atoms with Crippen molar-refractivity contribution in [3.63, 3.8) is 0 Å². The fourth-order valence-electron chi connectivity index (χ4n) is 2.91. The van der Waals surface area contributed by atoms with E-state index in [0.29, 0.717) is 16.7 Å².